The number of H-pyrrole nitrogens is 1. The Balaban J connectivity index is 1.76. The van der Waals surface area contributed by atoms with E-state index >= 15 is 0 Å². The highest BCUT2D eigenvalue weighted by molar-refractivity contribution is 7.89. The average molecular weight is 348 g/mol. The highest BCUT2D eigenvalue weighted by Gasteiger charge is 2.31. The summed E-state index contributed by atoms with van der Waals surface area (Å²) < 4.78 is 22.4. The summed E-state index contributed by atoms with van der Waals surface area (Å²) in [5.74, 6) is -0.353. The predicted octanol–water partition coefficient (Wildman–Crippen LogP) is 1.14. The summed E-state index contributed by atoms with van der Waals surface area (Å²) in [4.78, 5) is 14.4. The van der Waals surface area contributed by atoms with Crippen molar-refractivity contribution in [1.29, 1.82) is 0 Å². The third-order valence-electron chi connectivity index (χ3n) is 4.31. The van der Waals surface area contributed by atoms with Gasteiger partial charge in [0.05, 0.1) is 11.4 Å². The van der Waals surface area contributed by atoms with Crippen LogP contribution < -0.4 is 5.14 Å². The summed E-state index contributed by atoms with van der Waals surface area (Å²) in [6, 6.07) is 9.64. The number of aromatic nitrogens is 2. The topological polar surface area (TPSA) is 109 Å². The van der Waals surface area contributed by atoms with Crippen LogP contribution >= 0.6 is 0 Å². The molecule has 2 heterocycles. The minimum absolute atomic E-state index is 0.0893. The highest BCUT2D eigenvalue weighted by atomic mass is 32.2. The molecule has 1 fully saturated rings. The molecule has 1 amide bonds. The van der Waals surface area contributed by atoms with E-state index in [-0.39, 0.29) is 17.6 Å². The van der Waals surface area contributed by atoms with Gasteiger partial charge in [0, 0.05) is 24.2 Å². The summed E-state index contributed by atoms with van der Waals surface area (Å²) >= 11 is 0. The second kappa shape index (κ2) is 6.37. The third kappa shape index (κ3) is 3.49. The fraction of sp³-hybridized carbons (Fsp3) is 0.375. The molecular formula is C16H20N4O3S. The number of primary sulfonamides is 1. The smallest absolute Gasteiger partial charge is 0.272 e. The van der Waals surface area contributed by atoms with Gasteiger partial charge in [0.15, 0.2) is 0 Å². The number of nitrogens with two attached hydrogens (primary N) is 1. The number of likely N-dealkylation sites (tertiary alicyclic amines) is 1. The number of aromatic amines is 1. The lowest BCUT2D eigenvalue weighted by Gasteiger charge is -2.15. The Bertz CT molecular complexity index is 845. The molecule has 0 radical (unpaired) electrons. The van der Waals surface area contributed by atoms with Crippen LogP contribution in [-0.4, -0.2) is 48.3 Å². The van der Waals surface area contributed by atoms with Crippen molar-refractivity contribution >= 4 is 15.9 Å². The molecule has 1 aromatic heterocycles. The highest BCUT2D eigenvalue weighted by Crippen LogP contribution is 2.25. The third-order valence-corrected chi connectivity index (χ3v) is 5.25. The molecule has 8 heteroatoms. The SMILES string of the molecule is Cc1c(-c2ccccc2)n[nH]c1C(=O)N1CC[C@@H](CS(N)(=O)=O)C1. The van der Waals surface area contributed by atoms with E-state index in [0.717, 1.165) is 16.8 Å². The molecule has 24 heavy (non-hydrogen) atoms. The first-order valence-electron chi connectivity index (χ1n) is 7.75. The van der Waals surface area contributed by atoms with Crippen LogP contribution in [0.1, 0.15) is 22.5 Å². The van der Waals surface area contributed by atoms with Crippen molar-refractivity contribution in [3.8, 4) is 11.3 Å². The Morgan fingerprint density at radius 2 is 2.08 bits per heavy atom. The van der Waals surface area contributed by atoms with Crippen molar-refractivity contribution in [1.82, 2.24) is 15.1 Å². The lowest BCUT2D eigenvalue weighted by molar-refractivity contribution is 0.0781. The van der Waals surface area contributed by atoms with Gasteiger partial charge in [-0.05, 0) is 19.3 Å². The molecule has 2 aromatic rings. The lowest BCUT2D eigenvalue weighted by atomic mass is 10.1. The lowest BCUT2D eigenvalue weighted by Crippen LogP contribution is -2.31. The van der Waals surface area contributed by atoms with Gasteiger partial charge in [-0.15, -0.1) is 0 Å². The standard InChI is InChI=1S/C16H20N4O3S/c1-11-14(13-5-3-2-4-6-13)18-19-15(11)16(21)20-8-7-12(9-20)10-24(17,22)23/h2-6,12H,7-10H2,1H3,(H,18,19)(H2,17,22,23)/t12-/m1/s1. The maximum Gasteiger partial charge on any atom is 0.272 e. The molecule has 3 N–H and O–H groups in total. The first kappa shape index (κ1) is 16.7. The van der Waals surface area contributed by atoms with Crippen LogP contribution in [0.25, 0.3) is 11.3 Å². The normalized spacial score (nSPS) is 18.1. The van der Waals surface area contributed by atoms with E-state index in [9.17, 15) is 13.2 Å². The molecule has 1 aromatic carbocycles. The van der Waals surface area contributed by atoms with Crippen LogP contribution in [0.4, 0.5) is 0 Å². The average Bonchev–Trinajstić information content (AvgIpc) is 3.13. The Morgan fingerprint density at radius 1 is 1.38 bits per heavy atom. The minimum atomic E-state index is -3.52. The Hall–Kier alpha value is -2.19. The van der Waals surface area contributed by atoms with Gasteiger partial charge < -0.3 is 4.90 Å². The molecule has 1 aliphatic rings. The number of hydrogen-bond acceptors (Lipinski definition) is 4. The first-order valence-corrected chi connectivity index (χ1v) is 9.47. The van der Waals surface area contributed by atoms with E-state index in [1.165, 1.54) is 0 Å². The molecule has 1 aliphatic heterocycles. The van der Waals surface area contributed by atoms with Crippen molar-refractivity contribution in [3.05, 3.63) is 41.6 Å². The number of rotatable bonds is 4. The number of amides is 1. The summed E-state index contributed by atoms with van der Waals surface area (Å²) in [5, 5.41) is 12.2. The molecule has 0 bridgehead atoms. The molecule has 0 saturated carbocycles. The summed E-state index contributed by atoms with van der Waals surface area (Å²) in [7, 11) is -3.52. The first-order chi connectivity index (χ1) is 11.3. The van der Waals surface area contributed by atoms with Crippen molar-refractivity contribution < 1.29 is 13.2 Å². The predicted molar refractivity (Wildman–Crippen MR) is 90.7 cm³/mol. The molecule has 7 nitrogen and oxygen atoms in total. The summed E-state index contributed by atoms with van der Waals surface area (Å²) in [5.41, 5.74) is 2.93. The molecule has 1 saturated heterocycles. The van der Waals surface area contributed by atoms with Crippen molar-refractivity contribution in [2.75, 3.05) is 18.8 Å². The van der Waals surface area contributed by atoms with Crippen LogP contribution in [0.3, 0.4) is 0 Å². The van der Waals surface area contributed by atoms with E-state index in [1.54, 1.807) is 4.90 Å². The van der Waals surface area contributed by atoms with Crippen LogP contribution in [0.5, 0.6) is 0 Å². The molecule has 0 aliphatic carbocycles. The molecule has 3 rings (SSSR count). The van der Waals surface area contributed by atoms with Gasteiger partial charge in [-0.3, -0.25) is 9.89 Å². The molecule has 128 valence electrons. The van der Waals surface area contributed by atoms with E-state index < -0.39 is 10.0 Å². The van der Waals surface area contributed by atoms with Gasteiger partial charge in [0.25, 0.3) is 5.91 Å². The van der Waals surface area contributed by atoms with E-state index in [1.807, 2.05) is 37.3 Å². The van der Waals surface area contributed by atoms with Gasteiger partial charge in [0.1, 0.15) is 5.69 Å². The number of hydrogen-bond donors (Lipinski definition) is 2. The minimum Gasteiger partial charge on any atom is -0.337 e. The zero-order chi connectivity index (χ0) is 17.3. The fourth-order valence-electron chi connectivity index (χ4n) is 3.12. The van der Waals surface area contributed by atoms with Gasteiger partial charge in [0.2, 0.25) is 10.0 Å². The van der Waals surface area contributed by atoms with Crippen molar-refractivity contribution in [2.45, 2.75) is 13.3 Å². The van der Waals surface area contributed by atoms with Crippen LogP contribution in [0.15, 0.2) is 30.3 Å². The quantitative estimate of drug-likeness (QED) is 0.863. The van der Waals surface area contributed by atoms with Gasteiger partial charge in [-0.1, -0.05) is 30.3 Å². The monoisotopic (exact) mass is 348 g/mol. The van der Waals surface area contributed by atoms with E-state index in [0.29, 0.717) is 25.2 Å². The molecule has 0 unspecified atom stereocenters. The molecule has 0 spiro atoms. The maximum absolute atomic E-state index is 12.7. The second-order valence-electron chi connectivity index (χ2n) is 6.17. The molecular weight excluding hydrogens is 328 g/mol. The van der Waals surface area contributed by atoms with Crippen LogP contribution in [0, 0.1) is 12.8 Å². The number of sulfonamides is 1. The zero-order valence-electron chi connectivity index (χ0n) is 13.4. The second-order valence-corrected chi connectivity index (χ2v) is 7.83. The maximum atomic E-state index is 12.7. The molecule has 1 atom stereocenters. The number of nitrogens with zero attached hydrogens (tertiary/aromatic N) is 2. The van der Waals surface area contributed by atoms with Gasteiger partial charge in [-0.25, -0.2) is 13.6 Å². The Kier molecular flexibility index (Phi) is 4.42. The number of carbonyl (C=O) groups excluding carboxylic acids is 1. The number of nitrogens with one attached hydrogen (secondary N) is 1. The zero-order valence-corrected chi connectivity index (χ0v) is 14.2. The fourth-order valence-corrected chi connectivity index (χ4v) is 4.05. The van der Waals surface area contributed by atoms with E-state index in [2.05, 4.69) is 10.2 Å². The Labute approximate surface area is 140 Å². The number of benzene rings is 1. The summed E-state index contributed by atoms with van der Waals surface area (Å²) in [6.07, 6.45) is 0.640. The van der Waals surface area contributed by atoms with Crippen molar-refractivity contribution in [2.24, 2.45) is 11.1 Å². The largest absolute Gasteiger partial charge is 0.337 e. The number of carbonyl (C=O) groups is 1. The van der Waals surface area contributed by atoms with Crippen LogP contribution in [0.2, 0.25) is 0 Å². The van der Waals surface area contributed by atoms with Gasteiger partial charge in [-0.2, -0.15) is 5.10 Å². The van der Waals surface area contributed by atoms with E-state index in [4.69, 9.17) is 5.14 Å². The van der Waals surface area contributed by atoms with Crippen molar-refractivity contribution in [3.63, 3.8) is 0 Å². The van der Waals surface area contributed by atoms with Gasteiger partial charge >= 0.3 is 0 Å². The Morgan fingerprint density at radius 3 is 2.75 bits per heavy atom. The summed E-state index contributed by atoms with van der Waals surface area (Å²) in [6.45, 7) is 2.78. The van der Waals surface area contributed by atoms with Crippen LogP contribution in [-0.2, 0) is 10.0 Å².